The van der Waals surface area contributed by atoms with Crippen LogP contribution >= 0.6 is 0 Å². The minimum atomic E-state index is -0.536. The van der Waals surface area contributed by atoms with Crippen LogP contribution in [0, 0.1) is 13.8 Å². The van der Waals surface area contributed by atoms with Gasteiger partial charge in [-0.15, -0.1) is 0 Å². The molecule has 1 N–H and O–H groups in total. The number of benzene rings is 1. The fraction of sp³-hybridized carbons (Fsp3) is 0.273. The lowest BCUT2D eigenvalue weighted by atomic mass is 10.0. The largest absolute Gasteiger partial charge is 0.359 e. The molecule has 148 valence electrons. The average Bonchev–Trinajstić information content (AvgIpc) is 3.22. The van der Waals surface area contributed by atoms with Crippen LogP contribution in [0.25, 0.3) is 10.9 Å². The number of aryl methyl sites for hydroxylation is 2. The van der Waals surface area contributed by atoms with E-state index in [1.165, 1.54) is 4.90 Å². The average molecular weight is 390 g/mol. The fourth-order valence-corrected chi connectivity index (χ4v) is 3.75. The van der Waals surface area contributed by atoms with Crippen LogP contribution in [0.1, 0.15) is 32.0 Å². The predicted molar refractivity (Wildman–Crippen MR) is 109 cm³/mol. The number of piperazine rings is 1. The Morgan fingerprint density at radius 1 is 0.966 bits per heavy atom. The number of nitrogens with one attached hydrogen (secondary N) is 1. The van der Waals surface area contributed by atoms with Gasteiger partial charge >= 0.3 is 0 Å². The second-order valence-electron chi connectivity index (χ2n) is 7.26. The number of carbonyl (C=O) groups excluding carboxylic acids is 3. The maximum Gasteiger partial charge on any atom is 0.295 e. The maximum absolute atomic E-state index is 12.9. The van der Waals surface area contributed by atoms with Gasteiger partial charge in [-0.3, -0.25) is 19.4 Å². The van der Waals surface area contributed by atoms with Crippen LogP contribution in [0.3, 0.4) is 0 Å². The zero-order valence-corrected chi connectivity index (χ0v) is 16.4. The molecule has 0 spiro atoms. The number of carbonyl (C=O) groups is 3. The number of hydrogen-bond acceptors (Lipinski definition) is 4. The molecule has 0 radical (unpaired) electrons. The van der Waals surface area contributed by atoms with Crippen molar-refractivity contribution in [1.29, 1.82) is 0 Å². The van der Waals surface area contributed by atoms with E-state index in [-0.39, 0.29) is 5.91 Å². The van der Waals surface area contributed by atoms with Crippen LogP contribution in [0.15, 0.2) is 42.7 Å². The number of nitrogens with zero attached hydrogens (tertiary/aromatic N) is 3. The summed E-state index contributed by atoms with van der Waals surface area (Å²) < 4.78 is 0. The Kier molecular flexibility index (Phi) is 4.88. The van der Waals surface area contributed by atoms with Gasteiger partial charge in [0.1, 0.15) is 0 Å². The highest BCUT2D eigenvalue weighted by Crippen LogP contribution is 2.24. The summed E-state index contributed by atoms with van der Waals surface area (Å²) >= 11 is 0. The topological polar surface area (TPSA) is 86.4 Å². The second-order valence-corrected chi connectivity index (χ2v) is 7.26. The van der Waals surface area contributed by atoms with Crippen molar-refractivity contribution in [3.63, 3.8) is 0 Å². The van der Waals surface area contributed by atoms with Gasteiger partial charge in [0, 0.05) is 49.5 Å². The van der Waals surface area contributed by atoms with Crippen LogP contribution in [-0.2, 0) is 4.79 Å². The zero-order chi connectivity index (χ0) is 20.5. The van der Waals surface area contributed by atoms with Crippen molar-refractivity contribution in [2.45, 2.75) is 13.8 Å². The smallest absolute Gasteiger partial charge is 0.295 e. The molecule has 0 bridgehead atoms. The van der Waals surface area contributed by atoms with E-state index in [9.17, 15) is 14.4 Å². The molecule has 0 atom stereocenters. The van der Waals surface area contributed by atoms with Gasteiger partial charge in [-0.25, -0.2) is 0 Å². The van der Waals surface area contributed by atoms with Gasteiger partial charge in [0.2, 0.25) is 0 Å². The number of Topliss-reactive ketones (excluding diaryl/α,β-unsaturated/α-hetero) is 1. The molecule has 29 heavy (non-hydrogen) atoms. The van der Waals surface area contributed by atoms with Crippen molar-refractivity contribution in [3.05, 3.63) is 65.1 Å². The Labute approximate surface area is 168 Å². The SMILES string of the molecule is Cc1ncc(C)c2c(C(=O)C(=O)N3CCN(C(=O)c4ccccc4)CC3)c[nH]c12. The summed E-state index contributed by atoms with van der Waals surface area (Å²) in [5, 5.41) is 0.744. The molecular formula is C22H22N4O3. The number of amides is 2. The molecule has 2 amide bonds. The summed E-state index contributed by atoms with van der Waals surface area (Å²) in [6.07, 6.45) is 3.29. The van der Waals surface area contributed by atoms with Crippen molar-refractivity contribution >= 4 is 28.5 Å². The molecule has 1 fully saturated rings. The fourth-order valence-electron chi connectivity index (χ4n) is 3.75. The van der Waals surface area contributed by atoms with Crippen LogP contribution in [0.5, 0.6) is 0 Å². The Morgan fingerprint density at radius 2 is 1.62 bits per heavy atom. The molecule has 7 heteroatoms. The summed E-state index contributed by atoms with van der Waals surface area (Å²) in [5.41, 5.74) is 3.41. The van der Waals surface area contributed by atoms with Gasteiger partial charge in [-0.2, -0.15) is 0 Å². The molecular weight excluding hydrogens is 368 g/mol. The molecule has 0 unspecified atom stereocenters. The van der Waals surface area contributed by atoms with Crippen LogP contribution in [0.4, 0.5) is 0 Å². The first-order valence-electron chi connectivity index (χ1n) is 9.58. The summed E-state index contributed by atoms with van der Waals surface area (Å²) in [7, 11) is 0. The highest BCUT2D eigenvalue weighted by Gasteiger charge is 2.30. The van der Waals surface area contributed by atoms with E-state index in [4.69, 9.17) is 0 Å². The van der Waals surface area contributed by atoms with Crippen LogP contribution in [-0.4, -0.2) is 63.5 Å². The van der Waals surface area contributed by atoms with E-state index in [2.05, 4.69) is 9.97 Å². The van der Waals surface area contributed by atoms with Gasteiger partial charge < -0.3 is 14.8 Å². The van der Waals surface area contributed by atoms with E-state index in [1.54, 1.807) is 29.4 Å². The van der Waals surface area contributed by atoms with Crippen molar-refractivity contribution in [2.75, 3.05) is 26.2 Å². The lowest BCUT2D eigenvalue weighted by Crippen LogP contribution is -2.52. The minimum absolute atomic E-state index is 0.0562. The Bertz CT molecular complexity index is 1100. The third-order valence-corrected chi connectivity index (χ3v) is 5.40. The Hall–Kier alpha value is -3.48. The normalized spacial score (nSPS) is 14.3. The molecule has 3 heterocycles. The van der Waals surface area contributed by atoms with Crippen molar-refractivity contribution in [1.82, 2.24) is 19.8 Å². The Morgan fingerprint density at radius 3 is 2.31 bits per heavy atom. The number of aromatic nitrogens is 2. The molecule has 0 saturated carbocycles. The molecule has 4 rings (SSSR count). The maximum atomic E-state index is 12.9. The first-order chi connectivity index (χ1) is 14.0. The van der Waals surface area contributed by atoms with Crippen LogP contribution in [0.2, 0.25) is 0 Å². The van der Waals surface area contributed by atoms with E-state index in [0.717, 1.165) is 22.2 Å². The summed E-state index contributed by atoms with van der Waals surface area (Å²) in [4.78, 5) is 48.9. The molecule has 0 aliphatic carbocycles. The molecule has 1 aliphatic rings. The second kappa shape index (κ2) is 7.50. The number of aromatic amines is 1. The van der Waals surface area contributed by atoms with Gasteiger partial charge in [0.05, 0.1) is 16.8 Å². The van der Waals surface area contributed by atoms with E-state index in [0.29, 0.717) is 37.3 Å². The molecule has 3 aromatic rings. The Balaban J connectivity index is 1.47. The van der Waals surface area contributed by atoms with Crippen molar-refractivity contribution in [3.8, 4) is 0 Å². The third kappa shape index (κ3) is 3.40. The molecule has 1 aromatic carbocycles. The first kappa shape index (κ1) is 18.9. The summed E-state index contributed by atoms with van der Waals surface area (Å²) in [6, 6.07) is 9.07. The standard InChI is InChI=1S/C22H22N4O3/c1-14-12-23-15(2)19-18(14)17(13-24-19)20(27)22(29)26-10-8-25(9-11-26)21(28)16-6-4-3-5-7-16/h3-7,12-13,24H,8-11H2,1-2H3. The predicted octanol–water partition coefficient (Wildman–Crippen LogP) is 2.35. The van der Waals surface area contributed by atoms with Gasteiger partial charge in [-0.1, -0.05) is 18.2 Å². The van der Waals surface area contributed by atoms with Gasteiger partial charge in [-0.05, 0) is 31.5 Å². The molecule has 2 aromatic heterocycles. The summed E-state index contributed by atoms with van der Waals surface area (Å²) in [6.45, 7) is 5.22. The lowest BCUT2D eigenvalue weighted by Gasteiger charge is -2.34. The lowest BCUT2D eigenvalue weighted by molar-refractivity contribution is -0.127. The summed E-state index contributed by atoms with van der Waals surface area (Å²) in [5.74, 6) is -1.13. The molecule has 7 nitrogen and oxygen atoms in total. The quantitative estimate of drug-likeness (QED) is 0.549. The molecule has 1 saturated heterocycles. The van der Waals surface area contributed by atoms with E-state index >= 15 is 0 Å². The van der Waals surface area contributed by atoms with Gasteiger partial charge in [0.15, 0.2) is 0 Å². The third-order valence-electron chi connectivity index (χ3n) is 5.40. The minimum Gasteiger partial charge on any atom is -0.359 e. The number of hydrogen-bond donors (Lipinski definition) is 1. The van der Waals surface area contributed by atoms with Gasteiger partial charge in [0.25, 0.3) is 17.6 Å². The number of ketones is 1. The highest BCUT2D eigenvalue weighted by molar-refractivity contribution is 6.45. The van der Waals surface area contributed by atoms with Crippen LogP contribution < -0.4 is 0 Å². The highest BCUT2D eigenvalue weighted by atomic mass is 16.2. The van der Waals surface area contributed by atoms with E-state index in [1.807, 2.05) is 32.0 Å². The first-order valence-corrected chi connectivity index (χ1v) is 9.58. The molecule has 1 aliphatic heterocycles. The number of pyridine rings is 1. The van der Waals surface area contributed by atoms with Crippen molar-refractivity contribution < 1.29 is 14.4 Å². The zero-order valence-electron chi connectivity index (χ0n) is 16.4. The van der Waals surface area contributed by atoms with E-state index < -0.39 is 11.7 Å². The number of fused-ring (bicyclic) bond motifs is 1. The monoisotopic (exact) mass is 390 g/mol. The van der Waals surface area contributed by atoms with Crippen molar-refractivity contribution in [2.24, 2.45) is 0 Å². The number of H-pyrrole nitrogens is 1. The number of rotatable bonds is 3.